The standard InChI is InChI=1S/C8H12N2O/c11-7-5-9-8(10-7)6-3-1-2-4-6/h6H,1-5H2,(H,9,10,11). The minimum Gasteiger partial charge on any atom is -0.313 e. The summed E-state index contributed by atoms with van der Waals surface area (Å²) in [6, 6.07) is 0. The first kappa shape index (κ1) is 6.83. The molecule has 1 aliphatic carbocycles. The smallest absolute Gasteiger partial charge is 0.247 e. The Labute approximate surface area is 65.9 Å². The van der Waals surface area contributed by atoms with Crippen molar-refractivity contribution in [1.29, 1.82) is 0 Å². The number of hydrogen-bond donors (Lipinski definition) is 1. The molecule has 1 amide bonds. The van der Waals surface area contributed by atoms with Crippen LogP contribution in [-0.2, 0) is 4.79 Å². The first-order valence-corrected chi connectivity index (χ1v) is 4.20. The van der Waals surface area contributed by atoms with E-state index < -0.39 is 0 Å². The van der Waals surface area contributed by atoms with Crippen LogP contribution >= 0.6 is 0 Å². The van der Waals surface area contributed by atoms with Gasteiger partial charge in [-0.25, -0.2) is 0 Å². The zero-order chi connectivity index (χ0) is 7.68. The van der Waals surface area contributed by atoms with Crippen molar-refractivity contribution in [3.63, 3.8) is 0 Å². The highest BCUT2D eigenvalue weighted by Crippen LogP contribution is 2.25. The molecule has 0 unspecified atom stereocenters. The summed E-state index contributed by atoms with van der Waals surface area (Å²) in [6.45, 7) is 0.353. The number of amidine groups is 1. The van der Waals surface area contributed by atoms with Crippen LogP contribution in [0.25, 0.3) is 0 Å². The van der Waals surface area contributed by atoms with Gasteiger partial charge in [0.05, 0.1) is 0 Å². The topological polar surface area (TPSA) is 41.5 Å². The Hall–Kier alpha value is -0.860. The second-order valence-electron chi connectivity index (χ2n) is 3.23. The number of carbonyl (C=O) groups is 1. The molecule has 1 aliphatic heterocycles. The fourth-order valence-corrected chi connectivity index (χ4v) is 1.81. The molecule has 0 radical (unpaired) electrons. The van der Waals surface area contributed by atoms with Gasteiger partial charge in [0.1, 0.15) is 12.4 Å². The van der Waals surface area contributed by atoms with Crippen LogP contribution in [0.3, 0.4) is 0 Å². The SMILES string of the molecule is O=C1CN=C(C2CCCC2)N1. The van der Waals surface area contributed by atoms with Crippen molar-refractivity contribution in [2.45, 2.75) is 25.7 Å². The van der Waals surface area contributed by atoms with Crippen LogP contribution in [0.4, 0.5) is 0 Å². The molecule has 0 saturated heterocycles. The van der Waals surface area contributed by atoms with Gasteiger partial charge in [0.15, 0.2) is 0 Å². The molecular formula is C8H12N2O. The monoisotopic (exact) mass is 152 g/mol. The summed E-state index contributed by atoms with van der Waals surface area (Å²) < 4.78 is 0. The molecule has 1 fully saturated rings. The van der Waals surface area contributed by atoms with Gasteiger partial charge in [0, 0.05) is 5.92 Å². The Kier molecular flexibility index (Phi) is 1.64. The van der Waals surface area contributed by atoms with E-state index in [1.807, 2.05) is 0 Å². The Balaban J connectivity index is 1.99. The van der Waals surface area contributed by atoms with Gasteiger partial charge in [0.2, 0.25) is 5.91 Å². The summed E-state index contributed by atoms with van der Waals surface area (Å²) in [7, 11) is 0. The van der Waals surface area contributed by atoms with Crippen molar-refractivity contribution in [3.05, 3.63) is 0 Å². The van der Waals surface area contributed by atoms with Crippen LogP contribution in [-0.4, -0.2) is 18.3 Å². The van der Waals surface area contributed by atoms with E-state index in [0.717, 1.165) is 5.84 Å². The van der Waals surface area contributed by atoms with Crippen molar-refractivity contribution >= 4 is 11.7 Å². The highest BCUT2D eigenvalue weighted by Gasteiger charge is 2.25. The molecule has 0 atom stereocenters. The van der Waals surface area contributed by atoms with Crippen molar-refractivity contribution in [1.82, 2.24) is 5.32 Å². The number of nitrogens with zero attached hydrogens (tertiary/aromatic N) is 1. The van der Waals surface area contributed by atoms with E-state index in [4.69, 9.17) is 0 Å². The van der Waals surface area contributed by atoms with Gasteiger partial charge < -0.3 is 5.32 Å². The summed E-state index contributed by atoms with van der Waals surface area (Å²) in [6.07, 6.45) is 5.00. The van der Waals surface area contributed by atoms with Crippen LogP contribution in [0.15, 0.2) is 4.99 Å². The normalized spacial score (nSPS) is 25.5. The molecule has 2 aliphatic rings. The maximum Gasteiger partial charge on any atom is 0.247 e. The maximum absolute atomic E-state index is 10.8. The summed E-state index contributed by atoms with van der Waals surface area (Å²) in [4.78, 5) is 14.9. The Morgan fingerprint density at radius 1 is 1.36 bits per heavy atom. The Morgan fingerprint density at radius 2 is 2.09 bits per heavy atom. The number of hydrogen-bond acceptors (Lipinski definition) is 2. The van der Waals surface area contributed by atoms with Gasteiger partial charge in [0.25, 0.3) is 0 Å². The molecule has 0 aromatic rings. The van der Waals surface area contributed by atoms with Crippen molar-refractivity contribution < 1.29 is 4.79 Å². The molecule has 0 spiro atoms. The first-order valence-electron chi connectivity index (χ1n) is 4.20. The Bertz CT molecular complexity index is 204. The highest BCUT2D eigenvalue weighted by atomic mass is 16.2. The van der Waals surface area contributed by atoms with Crippen LogP contribution in [0, 0.1) is 5.92 Å². The molecule has 1 heterocycles. The van der Waals surface area contributed by atoms with Gasteiger partial charge in [-0.15, -0.1) is 0 Å². The lowest BCUT2D eigenvalue weighted by atomic mass is 10.1. The third-order valence-electron chi connectivity index (χ3n) is 2.40. The van der Waals surface area contributed by atoms with Crippen molar-refractivity contribution in [3.8, 4) is 0 Å². The number of nitrogens with one attached hydrogen (secondary N) is 1. The zero-order valence-corrected chi connectivity index (χ0v) is 6.47. The fraction of sp³-hybridized carbons (Fsp3) is 0.750. The minimum atomic E-state index is 0.0619. The van der Waals surface area contributed by atoms with E-state index in [-0.39, 0.29) is 5.91 Å². The molecular weight excluding hydrogens is 140 g/mol. The third-order valence-corrected chi connectivity index (χ3v) is 2.40. The van der Waals surface area contributed by atoms with Crippen LogP contribution in [0.2, 0.25) is 0 Å². The molecule has 60 valence electrons. The van der Waals surface area contributed by atoms with Crippen molar-refractivity contribution in [2.24, 2.45) is 10.9 Å². The fourth-order valence-electron chi connectivity index (χ4n) is 1.81. The lowest BCUT2D eigenvalue weighted by molar-refractivity contribution is -0.117. The number of rotatable bonds is 1. The van der Waals surface area contributed by atoms with Gasteiger partial charge in [-0.2, -0.15) is 0 Å². The Morgan fingerprint density at radius 3 is 2.64 bits per heavy atom. The summed E-state index contributed by atoms with van der Waals surface area (Å²) in [5.41, 5.74) is 0. The second-order valence-corrected chi connectivity index (χ2v) is 3.23. The molecule has 0 aromatic carbocycles. The molecule has 1 N–H and O–H groups in total. The summed E-state index contributed by atoms with van der Waals surface area (Å²) in [5, 5.41) is 2.81. The molecule has 0 aromatic heterocycles. The third kappa shape index (κ3) is 1.27. The van der Waals surface area contributed by atoms with Crippen molar-refractivity contribution in [2.75, 3.05) is 6.54 Å². The number of amides is 1. The minimum absolute atomic E-state index is 0.0619. The quantitative estimate of drug-likeness (QED) is 0.590. The van der Waals surface area contributed by atoms with Crippen LogP contribution in [0.1, 0.15) is 25.7 Å². The molecule has 1 saturated carbocycles. The van der Waals surface area contributed by atoms with E-state index in [9.17, 15) is 4.79 Å². The van der Waals surface area contributed by atoms with Crippen LogP contribution in [0.5, 0.6) is 0 Å². The molecule has 2 rings (SSSR count). The predicted octanol–water partition coefficient (Wildman–Crippen LogP) is 0.705. The molecule has 11 heavy (non-hydrogen) atoms. The van der Waals surface area contributed by atoms with E-state index >= 15 is 0 Å². The first-order chi connectivity index (χ1) is 5.36. The van der Waals surface area contributed by atoms with Crippen LogP contribution < -0.4 is 5.32 Å². The maximum atomic E-state index is 10.8. The lowest BCUT2D eigenvalue weighted by Gasteiger charge is -2.07. The lowest BCUT2D eigenvalue weighted by Crippen LogP contribution is -2.29. The second kappa shape index (κ2) is 2.64. The summed E-state index contributed by atoms with van der Waals surface area (Å²) in [5.74, 6) is 1.57. The number of carbonyl (C=O) groups excluding carboxylic acids is 1. The van der Waals surface area contributed by atoms with E-state index in [2.05, 4.69) is 10.3 Å². The van der Waals surface area contributed by atoms with Gasteiger partial charge in [-0.1, -0.05) is 12.8 Å². The van der Waals surface area contributed by atoms with Gasteiger partial charge in [-0.05, 0) is 12.8 Å². The largest absolute Gasteiger partial charge is 0.313 e. The highest BCUT2D eigenvalue weighted by molar-refractivity contribution is 6.05. The van der Waals surface area contributed by atoms with Gasteiger partial charge in [-0.3, -0.25) is 9.79 Å². The average Bonchev–Trinajstić information content (AvgIpc) is 2.55. The molecule has 3 heteroatoms. The average molecular weight is 152 g/mol. The predicted molar refractivity (Wildman–Crippen MR) is 42.4 cm³/mol. The zero-order valence-electron chi connectivity index (χ0n) is 6.47. The number of aliphatic imine (C=N–C) groups is 1. The van der Waals surface area contributed by atoms with E-state index in [0.29, 0.717) is 12.5 Å². The van der Waals surface area contributed by atoms with E-state index in [1.54, 1.807) is 0 Å². The van der Waals surface area contributed by atoms with E-state index in [1.165, 1.54) is 25.7 Å². The molecule has 3 nitrogen and oxygen atoms in total. The summed E-state index contributed by atoms with van der Waals surface area (Å²) >= 11 is 0. The van der Waals surface area contributed by atoms with Gasteiger partial charge >= 0.3 is 0 Å². The molecule has 0 bridgehead atoms.